The molecule has 0 heterocycles. The average Bonchev–Trinajstić information content (AvgIpc) is 2.25. The number of ether oxygens (including phenoxy) is 1. The number of halogens is 1. The van der Waals surface area contributed by atoms with E-state index < -0.39 is 18.0 Å². The maximum Gasteiger partial charge on any atom is 0.260 e. The van der Waals surface area contributed by atoms with Crippen molar-refractivity contribution in [1.29, 1.82) is 0 Å². The van der Waals surface area contributed by atoms with Crippen LogP contribution in [-0.4, -0.2) is 29.8 Å². The van der Waals surface area contributed by atoms with Crippen LogP contribution >= 0.6 is 0 Å². The molecule has 0 fully saturated rings. The molecule has 17 heavy (non-hydrogen) atoms. The number of carbonyl (C=O) groups excluding carboxylic acids is 1. The van der Waals surface area contributed by atoms with Crippen LogP contribution in [0.25, 0.3) is 0 Å². The molecule has 2 N–H and O–H groups in total. The number of rotatable bonds is 5. The molecule has 0 aliphatic carbocycles. The summed E-state index contributed by atoms with van der Waals surface area (Å²) >= 11 is 0. The van der Waals surface area contributed by atoms with E-state index in [1.165, 1.54) is 18.2 Å². The standard InChI is InChI=1S/C12H16FNO3/c1-8(15)7-14-12(16)9(2)17-11-5-3-4-10(13)6-11/h3-6,8-9,15H,7H2,1-2H3,(H,14,16). The molecule has 1 aromatic rings. The van der Waals surface area contributed by atoms with Crippen molar-refractivity contribution < 1.29 is 19.0 Å². The van der Waals surface area contributed by atoms with Crippen molar-refractivity contribution in [2.45, 2.75) is 26.1 Å². The highest BCUT2D eigenvalue weighted by Crippen LogP contribution is 2.13. The van der Waals surface area contributed by atoms with Crippen molar-refractivity contribution >= 4 is 5.91 Å². The van der Waals surface area contributed by atoms with Gasteiger partial charge in [-0.25, -0.2) is 4.39 Å². The fourth-order valence-electron chi connectivity index (χ4n) is 1.19. The molecule has 1 rings (SSSR count). The topological polar surface area (TPSA) is 58.6 Å². The van der Waals surface area contributed by atoms with Crippen LogP contribution in [0.15, 0.2) is 24.3 Å². The zero-order valence-corrected chi connectivity index (χ0v) is 9.81. The third-order valence-corrected chi connectivity index (χ3v) is 2.05. The maximum atomic E-state index is 12.9. The van der Waals surface area contributed by atoms with Crippen molar-refractivity contribution in [3.8, 4) is 5.75 Å². The summed E-state index contributed by atoms with van der Waals surface area (Å²) in [6.45, 7) is 3.29. The van der Waals surface area contributed by atoms with E-state index in [-0.39, 0.29) is 12.5 Å². The van der Waals surface area contributed by atoms with Gasteiger partial charge in [0.2, 0.25) is 0 Å². The summed E-state index contributed by atoms with van der Waals surface area (Å²) in [5.41, 5.74) is 0. The number of hydrogen-bond donors (Lipinski definition) is 2. The number of carbonyl (C=O) groups is 1. The van der Waals surface area contributed by atoms with Gasteiger partial charge in [-0.3, -0.25) is 4.79 Å². The molecule has 0 radical (unpaired) electrons. The molecule has 1 aromatic carbocycles. The predicted molar refractivity (Wildman–Crippen MR) is 61.2 cm³/mol. The van der Waals surface area contributed by atoms with Crippen molar-refractivity contribution in [2.75, 3.05) is 6.54 Å². The monoisotopic (exact) mass is 241 g/mol. The molecule has 0 saturated heterocycles. The molecular formula is C12H16FNO3. The minimum absolute atomic E-state index is 0.162. The molecule has 2 atom stereocenters. The lowest BCUT2D eigenvalue weighted by Crippen LogP contribution is -2.39. The highest BCUT2D eigenvalue weighted by atomic mass is 19.1. The molecule has 2 unspecified atom stereocenters. The highest BCUT2D eigenvalue weighted by molar-refractivity contribution is 5.80. The summed E-state index contributed by atoms with van der Waals surface area (Å²) in [6.07, 6.45) is -1.35. The first-order valence-corrected chi connectivity index (χ1v) is 5.37. The lowest BCUT2D eigenvalue weighted by atomic mass is 10.3. The second-order valence-electron chi connectivity index (χ2n) is 3.81. The lowest BCUT2D eigenvalue weighted by molar-refractivity contribution is -0.127. The summed E-state index contributed by atoms with van der Waals surface area (Å²) in [6, 6.07) is 5.58. The summed E-state index contributed by atoms with van der Waals surface area (Å²) < 4.78 is 18.1. The Bertz CT molecular complexity index is 382. The van der Waals surface area contributed by atoms with E-state index in [1.807, 2.05) is 0 Å². The number of nitrogens with one attached hydrogen (secondary N) is 1. The maximum absolute atomic E-state index is 12.9. The van der Waals surface area contributed by atoms with Crippen molar-refractivity contribution in [3.05, 3.63) is 30.1 Å². The summed E-state index contributed by atoms with van der Waals surface area (Å²) in [5.74, 6) is -0.473. The summed E-state index contributed by atoms with van der Waals surface area (Å²) in [5, 5.41) is 11.5. The van der Waals surface area contributed by atoms with Crippen LogP contribution in [-0.2, 0) is 4.79 Å². The predicted octanol–water partition coefficient (Wildman–Crippen LogP) is 1.09. The number of hydrogen-bond acceptors (Lipinski definition) is 3. The number of amides is 1. The van der Waals surface area contributed by atoms with E-state index >= 15 is 0 Å². The van der Waals surface area contributed by atoms with Crippen molar-refractivity contribution in [3.63, 3.8) is 0 Å². The summed E-state index contributed by atoms with van der Waals surface area (Å²) in [7, 11) is 0. The third kappa shape index (κ3) is 4.82. The third-order valence-electron chi connectivity index (χ3n) is 2.05. The Kier molecular flexibility index (Phi) is 4.90. The van der Waals surface area contributed by atoms with Gasteiger partial charge in [0, 0.05) is 12.6 Å². The fourth-order valence-corrected chi connectivity index (χ4v) is 1.19. The Balaban J connectivity index is 2.48. The molecule has 0 aliphatic heterocycles. The van der Waals surface area contributed by atoms with Gasteiger partial charge in [-0.1, -0.05) is 6.07 Å². The van der Waals surface area contributed by atoms with Gasteiger partial charge in [0.1, 0.15) is 11.6 Å². The smallest absolute Gasteiger partial charge is 0.260 e. The van der Waals surface area contributed by atoms with Crippen LogP contribution in [0.2, 0.25) is 0 Å². The van der Waals surface area contributed by atoms with Crippen LogP contribution in [0.3, 0.4) is 0 Å². The average molecular weight is 241 g/mol. The quantitative estimate of drug-likeness (QED) is 0.811. The Labute approximate surface area is 99.4 Å². The fraction of sp³-hybridized carbons (Fsp3) is 0.417. The SMILES string of the molecule is CC(O)CNC(=O)C(C)Oc1cccc(F)c1. The van der Waals surface area contributed by atoms with E-state index in [9.17, 15) is 9.18 Å². The second-order valence-corrected chi connectivity index (χ2v) is 3.81. The molecule has 0 spiro atoms. The van der Waals surface area contributed by atoms with Crippen LogP contribution in [0.1, 0.15) is 13.8 Å². The Hall–Kier alpha value is -1.62. The van der Waals surface area contributed by atoms with Crippen molar-refractivity contribution in [2.24, 2.45) is 0 Å². The number of aliphatic hydroxyl groups excluding tert-OH is 1. The first-order chi connectivity index (χ1) is 7.99. The van der Waals surface area contributed by atoms with E-state index in [4.69, 9.17) is 9.84 Å². The minimum Gasteiger partial charge on any atom is -0.481 e. The first-order valence-electron chi connectivity index (χ1n) is 5.37. The molecular weight excluding hydrogens is 225 g/mol. The first kappa shape index (κ1) is 13.4. The molecule has 0 bridgehead atoms. The molecule has 0 aromatic heterocycles. The van der Waals surface area contributed by atoms with Gasteiger partial charge >= 0.3 is 0 Å². The number of aliphatic hydroxyl groups is 1. The van der Waals surface area contributed by atoms with Gasteiger partial charge in [0.15, 0.2) is 6.10 Å². The summed E-state index contributed by atoms with van der Waals surface area (Å²) in [4.78, 5) is 11.5. The molecule has 5 heteroatoms. The van der Waals surface area contributed by atoms with Crippen LogP contribution in [0.5, 0.6) is 5.75 Å². The molecule has 0 saturated carbocycles. The van der Waals surface area contributed by atoms with E-state index in [2.05, 4.69) is 5.32 Å². The van der Waals surface area contributed by atoms with E-state index in [0.29, 0.717) is 5.75 Å². The molecule has 1 amide bonds. The van der Waals surface area contributed by atoms with Gasteiger partial charge < -0.3 is 15.2 Å². The molecule has 0 aliphatic rings. The van der Waals surface area contributed by atoms with Crippen LogP contribution in [0, 0.1) is 5.82 Å². The normalized spacial score (nSPS) is 13.9. The highest BCUT2D eigenvalue weighted by Gasteiger charge is 2.14. The lowest BCUT2D eigenvalue weighted by Gasteiger charge is -2.15. The zero-order chi connectivity index (χ0) is 12.8. The van der Waals surface area contributed by atoms with Crippen molar-refractivity contribution in [1.82, 2.24) is 5.32 Å². The molecule has 94 valence electrons. The Morgan fingerprint density at radius 2 is 2.24 bits per heavy atom. The largest absolute Gasteiger partial charge is 0.481 e. The zero-order valence-electron chi connectivity index (χ0n) is 9.81. The van der Waals surface area contributed by atoms with Gasteiger partial charge in [-0.15, -0.1) is 0 Å². The van der Waals surface area contributed by atoms with Gasteiger partial charge in [0.25, 0.3) is 5.91 Å². The van der Waals surface area contributed by atoms with Gasteiger partial charge in [-0.05, 0) is 26.0 Å². The van der Waals surface area contributed by atoms with Gasteiger partial charge in [-0.2, -0.15) is 0 Å². The Morgan fingerprint density at radius 3 is 2.82 bits per heavy atom. The van der Waals surface area contributed by atoms with Crippen LogP contribution in [0.4, 0.5) is 4.39 Å². The van der Waals surface area contributed by atoms with E-state index in [0.717, 1.165) is 0 Å². The minimum atomic E-state index is -0.740. The number of benzene rings is 1. The van der Waals surface area contributed by atoms with Crippen LogP contribution < -0.4 is 10.1 Å². The van der Waals surface area contributed by atoms with E-state index in [1.54, 1.807) is 19.9 Å². The van der Waals surface area contributed by atoms with Gasteiger partial charge in [0.05, 0.1) is 6.10 Å². The Morgan fingerprint density at radius 1 is 1.53 bits per heavy atom. The molecule has 4 nitrogen and oxygen atoms in total. The second kappa shape index (κ2) is 6.20.